The SMILES string of the molecule is CN(C(=O)/C=C/c1ccoc1)[C@H]1CCC2C([NH+]([O-])CC3CC3)C3(C)Cc4ccc(O)c5c4[C@]2(C3)C1O5. The van der Waals surface area contributed by atoms with Crippen molar-refractivity contribution in [1.29, 1.82) is 0 Å². The first-order chi connectivity index (χ1) is 17.3. The second kappa shape index (κ2) is 7.62. The van der Waals surface area contributed by atoms with Crippen LogP contribution in [-0.4, -0.2) is 47.7 Å². The van der Waals surface area contributed by atoms with E-state index in [1.165, 1.54) is 18.4 Å². The van der Waals surface area contributed by atoms with Crippen LogP contribution >= 0.6 is 0 Å². The molecular formula is C29H34N2O5. The molecule has 7 nitrogen and oxygen atoms in total. The fourth-order valence-corrected chi connectivity index (χ4v) is 8.56. The maximum Gasteiger partial charge on any atom is 0.246 e. The van der Waals surface area contributed by atoms with Gasteiger partial charge in [-0.15, -0.1) is 0 Å². The number of phenols is 1. The van der Waals surface area contributed by atoms with Crippen LogP contribution < -0.4 is 9.80 Å². The number of nitrogens with zero attached hydrogens (tertiary/aromatic N) is 1. The summed E-state index contributed by atoms with van der Waals surface area (Å²) in [6.07, 6.45) is 12.0. The standard InChI is InChI=1S/C29H34N2O5/c1-28-13-19-6-9-22(32)25-24(19)29(16-28)20(26(28)31(34)14-17-3-4-17)7-8-21(27(29)36-25)30(2)23(33)10-5-18-11-12-35-15-18/h5-6,9-12,15,17,20-21,26-27,31-32H,3-4,7-8,13-14,16H2,1-2H3/b10-5+/t20?,21-,26?,27?,28?,29+/m0/s1. The van der Waals surface area contributed by atoms with Gasteiger partial charge in [0.25, 0.3) is 0 Å². The minimum absolute atomic E-state index is 0.00707. The Balaban J connectivity index is 1.28. The first-order valence-corrected chi connectivity index (χ1v) is 13.3. The highest BCUT2D eigenvalue weighted by Crippen LogP contribution is 2.70. The van der Waals surface area contributed by atoms with Crippen LogP contribution in [0.25, 0.3) is 6.08 Å². The molecule has 5 unspecified atom stereocenters. The van der Waals surface area contributed by atoms with Crippen LogP contribution in [0.15, 0.2) is 41.2 Å². The number of rotatable bonds is 6. The number of carbonyl (C=O) groups is 1. The molecule has 2 heterocycles. The van der Waals surface area contributed by atoms with Crippen LogP contribution in [0.3, 0.4) is 0 Å². The summed E-state index contributed by atoms with van der Waals surface area (Å²) in [6.45, 7) is 3.01. The first kappa shape index (κ1) is 22.4. The molecule has 7 atom stereocenters. The van der Waals surface area contributed by atoms with Gasteiger partial charge >= 0.3 is 0 Å². The summed E-state index contributed by atoms with van der Waals surface area (Å²) in [7, 11) is 1.85. The Morgan fingerprint density at radius 1 is 1.28 bits per heavy atom. The number of carbonyl (C=O) groups excluding carboxylic acids is 1. The highest BCUT2D eigenvalue weighted by molar-refractivity contribution is 5.91. The predicted octanol–water partition coefficient (Wildman–Crippen LogP) is 3.06. The molecule has 2 bridgehead atoms. The van der Waals surface area contributed by atoms with E-state index in [0.717, 1.165) is 36.8 Å². The molecule has 4 aliphatic carbocycles. The van der Waals surface area contributed by atoms with Crippen LogP contribution in [0.5, 0.6) is 11.5 Å². The average molecular weight is 491 g/mol. The summed E-state index contributed by atoms with van der Waals surface area (Å²) in [5.41, 5.74) is 2.71. The quantitative estimate of drug-likeness (QED) is 0.480. The summed E-state index contributed by atoms with van der Waals surface area (Å²) < 4.78 is 11.8. The van der Waals surface area contributed by atoms with Crippen molar-refractivity contribution in [3.8, 4) is 11.5 Å². The van der Waals surface area contributed by atoms with Crippen LogP contribution in [0, 0.1) is 22.5 Å². The molecular weight excluding hydrogens is 456 g/mol. The maximum absolute atomic E-state index is 13.8. The van der Waals surface area contributed by atoms with Gasteiger partial charge in [-0.25, -0.2) is 0 Å². The van der Waals surface area contributed by atoms with Gasteiger partial charge in [-0.1, -0.05) is 13.0 Å². The number of quaternary nitrogens is 1. The van der Waals surface area contributed by atoms with Crippen molar-refractivity contribution in [1.82, 2.24) is 4.90 Å². The van der Waals surface area contributed by atoms with Gasteiger partial charge in [0.05, 0.1) is 31.2 Å². The Morgan fingerprint density at radius 3 is 2.86 bits per heavy atom. The Bertz CT molecular complexity index is 1240. The summed E-state index contributed by atoms with van der Waals surface area (Å²) in [6, 6.07) is 5.46. The number of likely N-dealkylation sites (N-methyl/N-ethyl adjacent to an activating group) is 1. The topological polar surface area (TPSA) is 90.4 Å². The van der Waals surface area contributed by atoms with Crippen molar-refractivity contribution in [3.63, 3.8) is 0 Å². The zero-order valence-corrected chi connectivity index (χ0v) is 20.9. The Kier molecular flexibility index (Phi) is 4.75. The first-order valence-electron chi connectivity index (χ1n) is 13.3. The van der Waals surface area contributed by atoms with Gasteiger partial charge in [0.1, 0.15) is 6.10 Å². The van der Waals surface area contributed by atoms with E-state index in [4.69, 9.17) is 9.15 Å². The number of aromatic hydroxyl groups is 1. The molecule has 1 amide bonds. The number of hydrogen-bond acceptors (Lipinski definition) is 5. The number of fused-ring (bicyclic) bond motifs is 1. The number of hydroxylamine groups is 2. The second-order valence-corrected chi connectivity index (χ2v) is 12.2. The average Bonchev–Trinajstić information content (AvgIpc) is 3.28. The van der Waals surface area contributed by atoms with Gasteiger partial charge in [-0.3, -0.25) is 4.79 Å². The van der Waals surface area contributed by atoms with Crippen molar-refractivity contribution in [2.45, 2.75) is 69.1 Å². The van der Waals surface area contributed by atoms with Gasteiger partial charge in [-0.2, -0.15) is 0 Å². The number of hydrogen-bond donors (Lipinski definition) is 2. The van der Waals surface area contributed by atoms with Gasteiger partial charge in [0.2, 0.25) is 5.91 Å². The molecule has 3 fully saturated rings. The maximum atomic E-state index is 13.8. The molecule has 1 aromatic heterocycles. The van der Waals surface area contributed by atoms with E-state index in [-0.39, 0.29) is 46.6 Å². The molecule has 1 aliphatic heterocycles. The van der Waals surface area contributed by atoms with Crippen LogP contribution in [0.2, 0.25) is 0 Å². The van der Waals surface area contributed by atoms with Gasteiger partial charge in [-0.05, 0) is 62.3 Å². The van der Waals surface area contributed by atoms with E-state index < -0.39 is 0 Å². The summed E-state index contributed by atoms with van der Waals surface area (Å²) in [4.78, 5) is 15.1. The van der Waals surface area contributed by atoms with Crippen molar-refractivity contribution >= 4 is 12.0 Å². The van der Waals surface area contributed by atoms with Gasteiger partial charge in [0, 0.05) is 46.9 Å². The van der Waals surface area contributed by atoms with E-state index in [1.807, 2.05) is 19.2 Å². The number of nitrogens with one attached hydrogen (secondary N) is 1. The smallest absolute Gasteiger partial charge is 0.246 e. The summed E-state index contributed by atoms with van der Waals surface area (Å²) in [5.74, 6) is 1.42. The lowest BCUT2D eigenvalue weighted by molar-refractivity contribution is -0.889. The monoisotopic (exact) mass is 490 g/mol. The Hall–Kier alpha value is -2.77. The highest BCUT2D eigenvalue weighted by Gasteiger charge is 2.74. The van der Waals surface area contributed by atoms with E-state index in [0.29, 0.717) is 23.3 Å². The van der Waals surface area contributed by atoms with Crippen LogP contribution in [0.1, 0.15) is 55.7 Å². The molecule has 3 saturated carbocycles. The fourth-order valence-electron chi connectivity index (χ4n) is 8.56. The molecule has 0 radical (unpaired) electrons. The number of phenolic OH excluding ortho intramolecular Hbond substituents is 1. The van der Waals surface area contributed by atoms with Crippen molar-refractivity contribution in [3.05, 3.63) is 58.7 Å². The minimum Gasteiger partial charge on any atom is -0.634 e. The molecule has 7 rings (SSSR count). The van der Waals surface area contributed by atoms with Gasteiger partial charge < -0.3 is 29.4 Å². The highest BCUT2D eigenvalue weighted by atomic mass is 16.5. The zero-order chi connectivity index (χ0) is 24.8. The molecule has 0 saturated heterocycles. The van der Waals surface area contributed by atoms with Crippen molar-refractivity contribution in [2.24, 2.45) is 17.3 Å². The number of amides is 1. The van der Waals surface area contributed by atoms with Crippen molar-refractivity contribution < 1.29 is 24.1 Å². The summed E-state index contributed by atoms with van der Waals surface area (Å²) in [5, 5.41) is 25.0. The zero-order valence-electron chi connectivity index (χ0n) is 20.9. The molecule has 190 valence electrons. The Labute approximate surface area is 211 Å². The molecule has 1 spiro atoms. The third-order valence-electron chi connectivity index (χ3n) is 10.0. The third kappa shape index (κ3) is 3.02. The molecule has 1 aromatic carbocycles. The van der Waals surface area contributed by atoms with E-state index in [9.17, 15) is 15.1 Å². The number of furan rings is 1. The molecule has 36 heavy (non-hydrogen) atoms. The molecule has 2 aromatic rings. The van der Waals surface area contributed by atoms with Gasteiger partial charge in [0.15, 0.2) is 11.5 Å². The molecule has 2 N–H and O–H groups in total. The van der Waals surface area contributed by atoms with E-state index >= 15 is 0 Å². The fraction of sp³-hybridized carbons (Fsp3) is 0.552. The van der Waals surface area contributed by atoms with E-state index in [1.54, 1.807) is 35.6 Å². The normalized spacial score (nSPS) is 36.5. The lowest BCUT2D eigenvalue weighted by Crippen LogP contribution is -3.14. The third-order valence-corrected chi connectivity index (χ3v) is 10.0. The van der Waals surface area contributed by atoms with Crippen LogP contribution in [-0.2, 0) is 16.6 Å². The largest absolute Gasteiger partial charge is 0.634 e. The lowest BCUT2D eigenvalue weighted by Gasteiger charge is -2.49. The summed E-state index contributed by atoms with van der Waals surface area (Å²) >= 11 is 0. The van der Waals surface area contributed by atoms with Crippen LogP contribution in [0.4, 0.5) is 0 Å². The van der Waals surface area contributed by atoms with Crippen molar-refractivity contribution in [2.75, 3.05) is 13.6 Å². The minimum atomic E-state index is -0.341. The second-order valence-electron chi connectivity index (χ2n) is 12.2. The number of ether oxygens (including phenoxy) is 1. The molecule has 5 aliphatic rings. The predicted molar refractivity (Wildman–Crippen MR) is 133 cm³/mol. The Morgan fingerprint density at radius 2 is 2.11 bits per heavy atom. The number of benzene rings is 1. The lowest BCUT2D eigenvalue weighted by atomic mass is 9.58. The molecule has 7 heteroatoms. The van der Waals surface area contributed by atoms with E-state index in [2.05, 4.69) is 6.92 Å².